The van der Waals surface area contributed by atoms with Crippen molar-refractivity contribution in [3.63, 3.8) is 0 Å². The van der Waals surface area contributed by atoms with E-state index in [9.17, 15) is 9.18 Å². The molecule has 6 nitrogen and oxygen atoms in total. The number of para-hydroxylation sites is 1. The van der Waals surface area contributed by atoms with Crippen LogP contribution in [0.3, 0.4) is 0 Å². The van der Waals surface area contributed by atoms with Crippen molar-refractivity contribution in [2.45, 2.75) is 38.1 Å². The van der Waals surface area contributed by atoms with Gasteiger partial charge in [0.15, 0.2) is 5.69 Å². The molecule has 1 amide bonds. The van der Waals surface area contributed by atoms with E-state index in [2.05, 4.69) is 21.4 Å². The monoisotopic (exact) mass is 448 g/mol. The van der Waals surface area contributed by atoms with Crippen LogP contribution >= 0.6 is 0 Å². The molecule has 0 radical (unpaired) electrons. The van der Waals surface area contributed by atoms with Crippen molar-refractivity contribution in [2.24, 2.45) is 0 Å². The standard InChI is InChI=1S/C26H29FN4O2/c1-33-24-10-3-2-7-20(24)23(30-15-4-5-16-30)17-28-26(32)25-21-8-6-9-22(21)31(29-25)19-13-11-18(27)12-14-19/h2-3,7,10-14,23H,4-6,8-9,15-17H2,1H3,(H,28,32)/t23-/m0/s1. The van der Waals surface area contributed by atoms with Crippen LogP contribution in [0.1, 0.15) is 52.6 Å². The van der Waals surface area contributed by atoms with Crippen LogP contribution in [-0.4, -0.2) is 47.3 Å². The molecule has 5 rings (SSSR count). The molecule has 1 N–H and O–H groups in total. The van der Waals surface area contributed by atoms with Gasteiger partial charge in [-0.15, -0.1) is 0 Å². The van der Waals surface area contributed by atoms with E-state index in [1.165, 1.54) is 12.1 Å². The molecule has 0 bridgehead atoms. The second-order valence-electron chi connectivity index (χ2n) is 8.73. The summed E-state index contributed by atoms with van der Waals surface area (Å²) in [7, 11) is 1.68. The van der Waals surface area contributed by atoms with E-state index in [4.69, 9.17) is 4.74 Å². The van der Waals surface area contributed by atoms with E-state index in [1.54, 1.807) is 23.9 Å². The zero-order chi connectivity index (χ0) is 22.8. The molecule has 1 aliphatic heterocycles. The van der Waals surface area contributed by atoms with Crippen molar-refractivity contribution in [3.8, 4) is 11.4 Å². The Balaban J connectivity index is 1.40. The third-order valence-electron chi connectivity index (χ3n) is 6.75. The summed E-state index contributed by atoms with van der Waals surface area (Å²) < 4.78 is 20.8. The molecule has 1 aliphatic carbocycles. The first-order valence-electron chi connectivity index (χ1n) is 11.7. The number of ether oxygens (including phenoxy) is 1. The summed E-state index contributed by atoms with van der Waals surface area (Å²) in [5, 5.41) is 7.81. The van der Waals surface area contributed by atoms with Gasteiger partial charge >= 0.3 is 0 Å². The lowest BCUT2D eigenvalue weighted by atomic mass is 10.0. The molecule has 3 aromatic rings. The minimum Gasteiger partial charge on any atom is -0.496 e. The highest BCUT2D eigenvalue weighted by atomic mass is 19.1. The van der Waals surface area contributed by atoms with Crippen LogP contribution in [0, 0.1) is 5.82 Å². The Morgan fingerprint density at radius 1 is 1.09 bits per heavy atom. The van der Waals surface area contributed by atoms with E-state index in [1.807, 2.05) is 18.2 Å². The highest BCUT2D eigenvalue weighted by Crippen LogP contribution is 2.32. The Morgan fingerprint density at radius 2 is 1.85 bits per heavy atom. The van der Waals surface area contributed by atoms with Crippen LogP contribution in [0.15, 0.2) is 48.5 Å². The van der Waals surface area contributed by atoms with E-state index in [0.29, 0.717) is 12.2 Å². The molecule has 7 heteroatoms. The summed E-state index contributed by atoms with van der Waals surface area (Å²) >= 11 is 0. The Kier molecular flexibility index (Phi) is 6.13. The Bertz CT molecular complexity index is 1140. The number of hydrogen-bond donors (Lipinski definition) is 1. The molecule has 1 fully saturated rings. The number of methoxy groups -OCH3 is 1. The Labute approximate surface area is 193 Å². The van der Waals surface area contributed by atoms with Crippen LogP contribution in [0.4, 0.5) is 4.39 Å². The van der Waals surface area contributed by atoms with E-state index >= 15 is 0 Å². The number of likely N-dealkylation sites (tertiary alicyclic amines) is 1. The minimum absolute atomic E-state index is 0.0415. The van der Waals surface area contributed by atoms with Crippen LogP contribution in [-0.2, 0) is 12.8 Å². The summed E-state index contributed by atoms with van der Waals surface area (Å²) in [4.78, 5) is 15.7. The van der Waals surface area contributed by atoms with Gasteiger partial charge in [0.1, 0.15) is 11.6 Å². The number of halogens is 1. The van der Waals surface area contributed by atoms with Gasteiger partial charge in [0.05, 0.1) is 18.8 Å². The van der Waals surface area contributed by atoms with Crippen molar-refractivity contribution < 1.29 is 13.9 Å². The largest absolute Gasteiger partial charge is 0.496 e. The van der Waals surface area contributed by atoms with Gasteiger partial charge in [-0.3, -0.25) is 9.69 Å². The predicted molar refractivity (Wildman–Crippen MR) is 124 cm³/mol. The number of carbonyl (C=O) groups is 1. The number of carbonyl (C=O) groups excluding carboxylic acids is 1. The zero-order valence-corrected chi connectivity index (χ0v) is 18.9. The third-order valence-corrected chi connectivity index (χ3v) is 6.75. The lowest BCUT2D eigenvalue weighted by Gasteiger charge is -2.29. The Morgan fingerprint density at radius 3 is 2.61 bits per heavy atom. The van der Waals surface area contributed by atoms with Gasteiger partial charge in [-0.25, -0.2) is 9.07 Å². The van der Waals surface area contributed by atoms with Gasteiger partial charge in [0.2, 0.25) is 0 Å². The number of fused-ring (bicyclic) bond motifs is 1. The number of nitrogens with zero attached hydrogens (tertiary/aromatic N) is 3. The fraction of sp³-hybridized carbons (Fsp3) is 0.385. The molecule has 1 saturated heterocycles. The maximum atomic E-state index is 13.4. The highest BCUT2D eigenvalue weighted by Gasteiger charge is 2.30. The molecule has 1 aromatic heterocycles. The van der Waals surface area contributed by atoms with E-state index < -0.39 is 0 Å². The van der Waals surface area contributed by atoms with Crippen LogP contribution < -0.4 is 10.1 Å². The van der Waals surface area contributed by atoms with Crippen molar-refractivity contribution >= 4 is 5.91 Å². The van der Waals surface area contributed by atoms with Crippen molar-refractivity contribution in [2.75, 3.05) is 26.7 Å². The van der Waals surface area contributed by atoms with Gasteiger partial charge in [-0.2, -0.15) is 5.10 Å². The first-order chi connectivity index (χ1) is 16.2. The predicted octanol–water partition coefficient (Wildman–Crippen LogP) is 4.08. The maximum absolute atomic E-state index is 13.4. The average molecular weight is 449 g/mol. The fourth-order valence-electron chi connectivity index (χ4n) is 5.12. The second-order valence-corrected chi connectivity index (χ2v) is 8.73. The molecular weight excluding hydrogens is 419 g/mol. The van der Waals surface area contributed by atoms with Gasteiger partial charge in [-0.1, -0.05) is 18.2 Å². The van der Waals surface area contributed by atoms with E-state index in [0.717, 1.165) is 73.5 Å². The number of amides is 1. The molecule has 2 aliphatic rings. The quantitative estimate of drug-likeness (QED) is 0.592. The number of hydrogen-bond acceptors (Lipinski definition) is 4. The van der Waals surface area contributed by atoms with Gasteiger partial charge in [-0.05, 0) is 75.5 Å². The maximum Gasteiger partial charge on any atom is 0.272 e. The number of aromatic nitrogens is 2. The fourth-order valence-corrected chi connectivity index (χ4v) is 5.12. The first-order valence-corrected chi connectivity index (χ1v) is 11.7. The lowest BCUT2D eigenvalue weighted by molar-refractivity contribution is 0.0931. The normalized spacial score (nSPS) is 16.5. The summed E-state index contributed by atoms with van der Waals surface area (Å²) in [6.45, 7) is 2.50. The summed E-state index contributed by atoms with van der Waals surface area (Å²) in [6, 6.07) is 14.3. The molecule has 0 spiro atoms. The molecule has 33 heavy (non-hydrogen) atoms. The van der Waals surface area contributed by atoms with Crippen LogP contribution in [0.5, 0.6) is 5.75 Å². The highest BCUT2D eigenvalue weighted by molar-refractivity contribution is 5.94. The van der Waals surface area contributed by atoms with Crippen LogP contribution in [0.2, 0.25) is 0 Å². The topological polar surface area (TPSA) is 59.4 Å². The van der Waals surface area contributed by atoms with Crippen molar-refractivity contribution in [1.82, 2.24) is 20.0 Å². The van der Waals surface area contributed by atoms with Gasteiger partial charge in [0.25, 0.3) is 5.91 Å². The Hall–Kier alpha value is -3.19. The number of benzene rings is 2. The molecule has 2 heterocycles. The SMILES string of the molecule is COc1ccccc1[C@H](CNC(=O)c1nn(-c2ccc(F)cc2)c2c1CCC2)N1CCCC1. The minimum atomic E-state index is -0.287. The molecule has 1 atom stereocenters. The second kappa shape index (κ2) is 9.35. The van der Waals surface area contributed by atoms with E-state index in [-0.39, 0.29) is 17.8 Å². The average Bonchev–Trinajstić information content (AvgIpc) is 3.59. The van der Waals surface area contributed by atoms with Gasteiger partial charge in [0, 0.05) is 23.4 Å². The summed E-state index contributed by atoms with van der Waals surface area (Å²) in [5.74, 6) is 0.392. The van der Waals surface area contributed by atoms with Crippen molar-refractivity contribution in [1.29, 1.82) is 0 Å². The molecule has 0 unspecified atom stereocenters. The molecule has 172 valence electrons. The first kappa shape index (κ1) is 21.6. The number of nitrogens with one attached hydrogen (secondary N) is 1. The molecule has 0 saturated carbocycles. The molecular formula is C26H29FN4O2. The third kappa shape index (κ3) is 4.25. The molecule has 2 aromatic carbocycles. The van der Waals surface area contributed by atoms with Crippen LogP contribution in [0.25, 0.3) is 5.69 Å². The van der Waals surface area contributed by atoms with Gasteiger partial charge < -0.3 is 10.1 Å². The lowest BCUT2D eigenvalue weighted by Crippen LogP contribution is -2.37. The number of rotatable bonds is 7. The smallest absolute Gasteiger partial charge is 0.272 e. The summed E-state index contributed by atoms with van der Waals surface area (Å²) in [5.41, 5.74) is 4.40. The van der Waals surface area contributed by atoms with Crippen molar-refractivity contribution in [3.05, 3.63) is 76.9 Å². The zero-order valence-electron chi connectivity index (χ0n) is 18.9. The summed E-state index contributed by atoms with van der Waals surface area (Å²) in [6.07, 6.45) is 5.02.